The third kappa shape index (κ3) is 3.44. The number of ether oxygens (including phenoxy) is 1. The monoisotopic (exact) mass is 190 g/mol. The summed E-state index contributed by atoms with van der Waals surface area (Å²) >= 11 is 0. The Morgan fingerprint density at radius 1 is 1.36 bits per heavy atom. The van der Waals surface area contributed by atoms with Crippen LogP contribution in [0.4, 0.5) is 0 Å². The SMILES string of the molecule is CC(=O)C=COC(C)c1ccccc1. The van der Waals surface area contributed by atoms with Crippen molar-refractivity contribution in [3.8, 4) is 0 Å². The number of allylic oxidation sites excluding steroid dienone is 1. The van der Waals surface area contributed by atoms with Gasteiger partial charge < -0.3 is 4.74 Å². The molecule has 2 heteroatoms. The van der Waals surface area contributed by atoms with E-state index in [0.29, 0.717) is 0 Å². The highest BCUT2D eigenvalue weighted by Gasteiger charge is 2.01. The quantitative estimate of drug-likeness (QED) is 0.539. The zero-order chi connectivity index (χ0) is 10.4. The van der Waals surface area contributed by atoms with Gasteiger partial charge in [-0.3, -0.25) is 4.79 Å². The van der Waals surface area contributed by atoms with Crippen LogP contribution in [0.25, 0.3) is 0 Å². The molecule has 1 atom stereocenters. The lowest BCUT2D eigenvalue weighted by Crippen LogP contribution is -1.94. The molecule has 1 unspecified atom stereocenters. The molecule has 14 heavy (non-hydrogen) atoms. The molecule has 0 amide bonds. The normalized spacial score (nSPS) is 12.7. The summed E-state index contributed by atoms with van der Waals surface area (Å²) in [6, 6.07) is 9.87. The molecule has 0 saturated carbocycles. The molecule has 1 aromatic rings. The van der Waals surface area contributed by atoms with Gasteiger partial charge in [-0.05, 0) is 19.4 Å². The minimum absolute atomic E-state index is 0.00902. The summed E-state index contributed by atoms with van der Waals surface area (Å²) in [5.41, 5.74) is 1.10. The molecule has 0 N–H and O–H groups in total. The highest BCUT2D eigenvalue weighted by Crippen LogP contribution is 2.15. The van der Waals surface area contributed by atoms with Gasteiger partial charge in [-0.15, -0.1) is 0 Å². The van der Waals surface area contributed by atoms with Crippen LogP contribution < -0.4 is 0 Å². The van der Waals surface area contributed by atoms with E-state index >= 15 is 0 Å². The minimum atomic E-state index is -0.0215. The van der Waals surface area contributed by atoms with E-state index in [9.17, 15) is 4.79 Å². The molecule has 0 spiro atoms. The van der Waals surface area contributed by atoms with E-state index in [1.54, 1.807) is 0 Å². The number of carbonyl (C=O) groups is 1. The second-order valence-electron chi connectivity index (χ2n) is 3.10. The Labute approximate surface area is 84.2 Å². The number of hydrogen-bond donors (Lipinski definition) is 0. The fourth-order valence-corrected chi connectivity index (χ4v) is 1.06. The molecule has 0 heterocycles. The summed E-state index contributed by atoms with van der Waals surface area (Å²) in [6.45, 7) is 3.44. The summed E-state index contributed by atoms with van der Waals surface area (Å²) in [6.07, 6.45) is 2.84. The Bertz CT molecular complexity index is 314. The van der Waals surface area contributed by atoms with Gasteiger partial charge >= 0.3 is 0 Å². The minimum Gasteiger partial charge on any atom is -0.494 e. The van der Waals surface area contributed by atoms with Crippen LogP contribution in [0.15, 0.2) is 42.7 Å². The van der Waals surface area contributed by atoms with E-state index in [4.69, 9.17) is 4.74 Å². The Morgan fingerprint density at radius 3 is 2.57 bits per heavy atom. The summed E-state index contributed by atoms with van der Waals surface area (Å²) in [5.74, 6) is -0.00902. The predicted molar refractivity (Wildman–Crippen MR) is 55.8 cm³/mol. The molecule has 0 radical (unpaired) electrons. The van der Waals surface area contributed by atoms with Crippen LogP contribution in [0.2, 0.25) is 0 Å². The molecule has 2 nitrogen and oxygen atoms in total. The summed E-state index contributed by atoms with van der Waals surface area (Å²) in [4.78, 5) is 10.6. The Kier molecular flexibility index (Phi) is 3.92. The van der Waals surface area contributed by atoms with Crippen molar-refractivity contribution in [1.29, 1.82) is 0 Å². The second kappa shape index (κ2) is 5.22. The maximum absolute atomic E-state index is 10.6. The lowest BCUT2D eigenvalue weighted by molar-refractivity contribution is -0.112. The van der Waals surface area contributed by atoms with E-state index < -0.39 is 0 Å². The van der Waals surface area contributed by atoms with Crippen molar-refractivity contribution in [3.05, 3.63) is 48.2 Å². The Hall–Kier alpha value is -1.57. The third-order valence-corrected chi connectivity index (χ3v) is 1.85. The molecular formula is C12H14O2. The lowest BCUT2D eigenvalue weighted by Gasteiger charge is -2.10. The van der Waals surface area contributed by atoms with Gasteiger partial charge in [0.2, 0.25) is 0 Å². The first-order valence-electron chi connectivity index (χ1n) is 4.57. The number of carbonyl (C=O) groups excluding carboxylic acids is 1. The van der Waals surface area contributed by atoms with Crippen LogP contribution in [0.3, 0.4) is 0 Å². The van der Waals surface area contributed by atoms with Crippen molar-refractivity contribution < 1.29 is 9.53 Å². The molecule has 1 aromatic carbocycles. The molecule has 0 saturated heterocycles. The molecule has 0 aromatic heterocycles. The highest BCUT2D eigenvalue weighted by molar-refractivity contribution is 5.86. The van der Waals surface area contributed by atoms with E-state index in [2.05, 4.69) is 0 Å². The topological polar surface area (TPSA) is 26.3 Å². The first-order chi connectivity index (χ1) is 6.70. The van der Waals surface area contributed by atoms with Gasteiger partial charge in [-0.1, -0.05) is 30.3 Å². The fourth-order valence-electron chi connectivity index (χ4n) is 1.06. The van der Waals surface area contributed by atoms with Crippen LogP contribution in [0.5, 0.6) is 0 Å². The molecule has 1 rings (SSSR count). The Morgan fingerprint density at radius 2 is 2.00 bits per heavy atom. The Balaban J connectivity index is 2.51. The number of rotatable bonds is 4. The van der Waals surface area contributed by atoms with Gasteiger partial charge in [-0.2, -0.15) is 0 Å². The van der Waals surface area contributed by atoms with Gasteiger partial charge in [-0.25, -0.2) is 0 Å². The van der Waals surface area contributed by atoms with Crippen LogP contribution >= 0.6 is 0 Å². The maximum atomic E-state index is 10.6. The number of hydrogen-bond acceptors (Lipinski definition) is 2. The van der Waals surface area contributed by atoms with Gasteiger partial charge in [0, 0.05) is 6.08 Å². The van der Waals surface area contributed by atoms with Crippen LogP contribution in [-0.2, 0) is 9.53 Å². The van der Waals surface area contributed by atoms with Gasteiger partial charge in [0.05, 0.1) is 6.26 Å². The molecule has 0 aliphatic carbocycles. The zero-order valence-electron chi connectivity index (χ0n) is 8.44. The van der Waals surface area contributed by atoms with Gasteiger partial charge in [0.1, 0.15) is 6.10 Å². The van der Waals surface area contributed by atoms with Crippen molar-refractivity contribution in [1.82, 2.24) is 0 Å². The summed E-state index contributed by atoms with van der Waals surface area (Å²) in [5, 5.41) is 0. The molecule has 0 bridgehead atoms. The summed E-state index contributed by atoms with van der Waals surface area (Å²) < 4.78 is 5.34. The zero-order valence-corrected chi connectivity index (χ0v) is 8.44. The largest absolute Gasteiger partial charge is 0.494 e. The average Bonchev–Trinajstić information content (AvgIpc) is 2.18. The van der Waals surface area contributed by atoms with Crippen molar-refractivity contribution in [2.24, 2.45) is 0 Å². The van der Waals surface area contributed by atoms with Gasteiger partial charge in [0.25, 0.3) is 0 Å². The van der Waals surface area contributed by atoms with E-state index in [-0.39, 0.29) is 11.9 Å². The maximum Gasteiger partial charge on any atom is 0.155 e. The second-order valence-corrected chi connectivity index (χ2v) is 3.10. The van der Waals surface area contributed by atoms with Crippen LogP contribution in [-0.4, -0.2) is 5.78 Å². The fraction of sp³-hybridized carbons (Fsp3) is 0.250. The van der Waals surface area contributed by atoms with E-state index in [0.717, 1.165) is 5.56 Å². The van der Waals surface area contributed by atoms with Crippen LogP contribution in [0, 0.1) is 0 Å². The molecule has 0 aliphatic heterocycles. The van der Waals surface area contributed by atoms with Crippen molar-refractivity contribution >= 4 is 5.78 Å². The molecule has 74 valence electrons. The van der Waals surface area contributed by atoms with Crippen molar-refractivity contribution in [2.75, 3.05) is 0 Å². The van der Waals surface area contributed by atoms with Crippen LogP contribution in [0.1, 0.15) is 25.5 Å². The van der Waals surface area contributed by atoms with Crippen molar-refractivity contribution in [2.45, 2.75) is 20.0 Å². The molecule has 0 fully saturated rings. The predicted octanol–water partition coefficient (Wildman–Crippen LogP) is 2.87. The standard InChI is InChI=1S/C12H14O2/c1-10(13)8-9-14-11(2)12-6-4-3-5-7-12/h3-9,11H,1-2H3. The first kappa shape index (κ1) is 10.5. The van der Waals surface area contributed by atoms with Gasteiger partial charge in [0.15, 0.2) is 5.78 Å². The van der Waals surface area contributed by atoms with E-state index in [1.807, 2.05) is 37.3 Å². The highest BCUT2D eigenvalue weighted by atomic mass is 16.5. The third-order valence-electron chi connectivity index (χ3n) is 1.85. The first-order valence-corrected chi connectivity index (χ1v) is 4.57. The average molecular weight is 190 g/mol. The van der Waals surface area contributed by atoms with E-state index in [1.165, 1.54) is 19.3 Å². The molecule has 0 aliphatic rings. The summed E-state index contributed by atoms with van der Waals surface area (Å²) in [7, 11) is 0. The van der Waals surface area contributed by atoms with Crippen molar-refractivity contribution in [3.63, 3.8) is 0 Å². The lowest BCUT2D eigenvalue weighted by atomic mass is 10.1. The number of benzene rings is 1. The molecular weight excluding hydrogens is 176 g/mol. The number of ketones is 1. The smallest absolute Gasteiger partial charge is 0.155 e.